The van der Waals surface area contributed by atoms with Gasteiger partial charge < -0.3 is 4.74 Å². The number of carbonyl (C=O) groups is 3. The first kappa shape index (κ1) is 14.0. The van der Waals surface area contributed by atoms with Gasteiger partial charge in [-0.25, -0.2) is 4.39 Å². The zero-order valence-corrected chi connectivity index (χ0v) is 9.94. The SMILES string of the molecule is CCOC(=O)CC(=O)CC(=O)c1ccccc1F. The van der Waals surface area contributed by atoms with Gasteiger partial charge in [-0.1, -0.05) is 12.1 Å². The molecule has 0 saturated heterocycles. The zero-order valence-electron chi connectivity index (χ0n) is 9.94. The monoisotopic (exact) mass is 252 g/mol. The molecule has 1 aromatic carbocycles. The minimum Gasteiger partial charge on any atom is -0.466 e. The summed E-state index contributed by atoms with van der Waals surface area (Å²) in [5, 5.41) is 0. The van der Waals surface area contributed by atoms with E-state index in [1.807, 2.05) is 0 Å². The Bertz CT molecular complexity index is 468. The van der Waals surface area contributed by atoms with Gasteiger partial charge in [-0.05, 0) is 19.1 Å². The van der Waals surface area contributed by atoms with Crippen molar-refractivity contribution in [2.45, 2.75) is 19.8 Å². The van der Waals surface area contributed by atoms with Crippen molar-refractivity contribution in [3.05, 3.63) is 35.6 Å². The van der Waals surface area contributed by atoms with Crippen LogP contribution < -0.4 is 0 Å². The average molecular weight is 252 g/mol. The summed E-state index contributed by atoms with van der Waals surface area (Å²) in [7, 11) is 0. The van der Waals surface area contributed by atoms with Crippen LogP contribution in [0.5, 0.6) is 0 Å². The van der Waals surface area contributed by atoms with E-state index in [1.54, 1.807) is 6.92 Å². The van der Waals surface area contributed by atoms with Crippen molar-refractivity contribution in [3.8, 4) is 0 Å². The number of Topliss-reactive ketones (excluding diaryl/α,β-unsaturated/α-hetero) is 2. The number of halogens is 1. The van der Waals surface area contributed by atoms with Crippen LogP contribution in [0.1, 0.15) is 30.1 Å². The second kappa shape index (κ2) is 6.64. The highest BCUT2D eigenvalue weighted by molar-refractivity contribution is 6.11. The van der Waals surface area contributed by atoms with Gasteiger partial charge in [0.1, 0.15) is 12.2 Å². The van der Waals surface area contributed by atoms with Crippen LogP contribution >= 0.6 is 0 Å². The second-order valence-corrected chi connectivity index (χ2v) is 3.60. The molecule has 0 aromatic heterocycles. The van der Waals surface area contributed by atoms with E-state index in [2.05, 4.69) is 4.74 Å². The van der Waals surface area contributed by atoms with E-state index in [0.717, 1.165) is 6.07 Å². The molecule has 4 nitrogen and oxygen atoms in total. The lowest BCUT2D eigenvalue weighted by molar-refractivity contribution is -0.145. The largest absolute Gasteiger partial charge is 0.466 e. The lowest BCUT2D eigenvalue weighted by Crippen LogP contribution is -2.15. The molecule has 96 valence electrons. The Morgan fingerprint density at radius 2 is 1.83 bits per heavy atom. The summed E-state index contributed by atoms with van der Waals surface area (Å²) >= 11 is 0. The Morgan fingerprint density at radius 1 is 1.17 bits per heavy atom. The van der Waals surface area contributed by atoms with E-state index in [9.17, 15) is 18.8 Å². The van der Waals surface area contributed by atoms with Crippen LogP contribution in [-0.4, -0.2) is 24.1 Å². The van der Waals surface area contributed by atoms with Gasteiger partial charge in [-0.2, -0.15) is 0 Å². The number of hydrogen-bond acceptors (Lipinski definition) is 4. The first-order valence-electron chi connectivity index (χ1n) is 5.49. The normalized spacial score (nSPS) is 9.89. The molecule has 1 aromatic rings. The molecule has 0 spiro atoms. The molecule has 5 heteroatoms. The standard InChI is InChI=1S/C13H13FO4/c1-2-18-13(17)8-9(15)7-12(16)10-5-3-4-6-11(10)14/h3-6H,2,7-8H2,1H3. The molecule has 0 amide bonds. The Labute approximate surface area is 104 Å². The maximum absolute atomic E-state index is 13.2. The lowest BCUT2D eigenvalue weighted by Gasteiger charge is -2.02. The number of rotatable bonds is 6. The Morgan fingerprint density at radius 3 is 2.44 bits per heavy atom. The predicted octanol–water partition coefficient (Wildman–Crippen LogP) is 1.92. The predicted molar refractivity (Wildman–Crippen MR) is 61.6 cm³/mol. The fraction of sp³-hybridized carbons (Fsp3) is 0.308. The third-order valence-corrected chi connectivity index (χ3v) is 2.18. The van der Waals surface area contributed by atoms with E-state index >= 15 is 0 Å². The summed E-state index contributed by atoms with van der Waals surface area (Å²) < 4.78 is 17.8. The molecule has 0 radical (unpaired) electrons. The molecule has 0 aliphatic heterocycles. The van der Waals surface area contributed by atoms with Crippen molar-refractivity contribution in [1.82, 2.24) is 0 Å². The number of ether oxygens (including phenoxy) is 1. The van der Waals surface area contributed by atoms with Crippen LogP contribution in [0.3, 0.4) is 0 Å². The van der Waals surface area contributed by atoms with Crippen molar-refractivity contribution in [2.75, 3.05) is 6.61 Å². The van der Waals surface area contributed by atoms with E-state index in [4.69, 9.17) is 0 Å². The van der Waals surface area contributed by atoms with Gasteiger partial charge in [0, 0.05) is 0 Å². The molecule has 18 heavy (non-hydrogen) atoms. The van der Waals surface area contributed by atoms with Crippen LogP contribution in [-0.2, 0) is 14.3 Å². The highest BCUT2D eigenvalue weighted by Crippen LogP contribution is 2.10. The summed E-state index contributed by atoms with van der Waals surface area (Å²) in [5.74, 6) is -2.57. The lowest BCUT2D eigenvalue weighted by atomic mass is 10.0. The van der Waals surface area contributed by atoms with Crippen molar-refractivity contribution >= 4 is 17.5 Å². The van der Waals surface area contributed by atoms with Gasteiger partial charge in [0.15, 0.2) is 11.6 Å². The van der Waals surface area contributed by atoms with E-state index < -0.39 is 36.2 Å². The third-order valence-electron chi connectivity index (χ3n) is 2.18. The van der Waals surface area contributed by atoms with Crippen LogP contribution in [0.4, 0.5) is 4.39 Å². The smallest absolute Gasteiger partial charge is 0.313 e. The first-order valence-corrected chi connectivity index (χ1v) is 5.49. The Kier molecular flexibility index (Phi) is 5.17. The fourth-order valence-corrected chi connectivity index (χ4v) is 1.40. The van der Waals surface area contributed by atoms with Gasteiger partial charge in [-0.15, -0.1) is 0 Å². The molecule has 0 atom stereocenters. The van der Waals surface area contributed by atoms with Gasteiger partial charge in [0.2, 0.25) is 0 Å². The van der Waals surface area contributed by atoms with Gasteiger partial charge >= 0.3 is 5.97 Å². The van der Waals surface area contributed by atoms with Crippen molar-refractivity contribution in [1.29, 1.82) is 0 Å². The number of hydrogen-bond donors (Lipinski definition) is 0. The molecule has 0 aliphatic carbocycles. The van der Waals surface area contributed by atoms with Gasteiger partial charge in [-0.3, -0.25) is 14.4 Å². The van der Waals surface area contributed by atoms with Crippen molar-refractivity contribution < 1.29 is 23.5 Å². The summed E-state index contributed by atoms with van der Waals surface area (Å²) in [6.07, 6.45) is -0.965. The third kappa shape index (κ3) is 4.08. The van der Waals surface area contributed by atoms with Gasteiger partial charge in [0.05, 0.1) is 18.6 Å². The molecular weight excluding hydrogens is 239 g/mol. The summed E-state index contributed by atoms with van der Waals surface area (Å²) in [4.78, 5) is 34.0. The van der Waals surface area contributed by atoms with Gasteiger partial charge in [0.25, 0.3) is 0 Å². The van der Waals surface area contributed by atoms with Crippen LogP contribution in [0.15, 0.2) is 24.3 Å². The molecule has 0 bridgehead atoms. The summed E-state index contributed by atoms with van der Waals surface area (Å²) in [6, 6.07) is 5.40. The quantitative estimate of drug-likeness (QED) is 0.441. The minimum absolute atomic E-state index is 0.144. The zero-order chi connectivity index (χ0) is 13.5. The Hall–Kier alpha value is -2.04. The van der Waals surface area contributed by atoms with E-state index in [1.165, 1.54) is 18.2 Å². The van der Waals surface area contributed by atoms with E-state index in [-0.39, 0.29) is 12.2 Å². The molecular formula is C13H13FO4. The van der Waals surface area contributed by atoms with E-state index in [0.29, 0.717) is 0 Å². The minimum atomic E-state index is -0.677. The second-order valence-electron chi connectivity index (χ2n) is 3.60. The number of ketones is 2. The number of esters is 1. The maximum atomic E-state index is 13.2. The van der Waals surface area contributed by atoms with Crippen molar-refractivity contribution in [3.63, 3.8) is 0 Å². The molecule has 0 unspecified atom stereocenters. The summed E-state index contributed by atoms with van der Waals surface area (Å²) in [5.41, 5.74) is -0.144. The number of benzene rings is 1. The average Bonchev–Trinajstić information content (AvgIpc) is 2.29. The number of carbonyl (C=O) groups excluding carboxylic acids is 3. The summed E-state index contributed by atoms with van der Waals surface area (Å²) in [6.45, 7) is 1.79. The highest BCUT2D eigenvalue weighted by Gasteiger charge is 2.17. The molecule has 0 aliphatic rings. The maximum Gasteiger partial charge on any atom is 0.313 e. The van der Waals surface area contributed by atoms with Crippen molar-refractivity contribution in [2.24, 2.45) is 0 Å². The van der Waals surface area contributed by atoms with Crippen LogP contribution in [0.25, 0.3) is 0 Å². The molecule has 0 heterocycles. The van der Waals surface area contributed by atoms with Crippen LogP contribution in [0, 0.1) is 5.82 Å². The topological polar surface area (TPSA) is 60.4 Å². The fourth-order valence-electron chi connectivity index (χ4n) is 1.40. The molecule has 0 fully saturated rings. The molecule has 0 saturated carbocycles. The highest BCUT2D eigenvalue weighted by atomic mass is 19.1. The van der Waals surface area contributed by atoms with Crippen LogP contribution in [0.2, 0.25) is 0 Å². The molecule has 1 rings (SSSR count). The first-order chi connectivity index (χ1) is 8.54. The molecule has 0 N–H and O–H groups in total. The Balaban J connectivity index is 2.58.